The van der Waals surface area contributed by atoms with Crippen LogP contribution >= 0.6 is 0 Å². The standard InChI is InChI=1S/C19H19N3O3/c1-19(2)17(23)16(14-10-12(11-20)8-9-15(14)25-19)22-18(24)21-13-6-4-3-5-7-13/h3-10,16-17,23H,1-2H3,(H2,21,22,24)/t16?,17-/m0/s1. The summed E-state index contributed by atoms with van der Waals surface area (Å²) in [4.78, 5) is 12.4. The van der Waals surface area contributed by atoms with E-state index in [1.165, 1.54) is 0 Å². The van der Waals surface area contributed by atoms with Gasteiger partial charge in [0.2, 0.25) is 0 Å². The van der Waals surface area contributed by atoms with Gasteiger partial charge in [0, 0.05) is 11.3 Å². The number of urea groups is 1. The van der Waals surface area contributed by atoms with Gasteiger partial charge in [0.05, 0.1) is 17.7 Å². The predicted octanol–water partition coefficient (Wildman–Crippen LogP) is 2.95. The van der Waals surface area contributed by atoms with E-state index in [1.807, 2.05) is 18.2 Å². The second-order valence-electron chi connectivity index (χ2n) is 6.46. The van der Waals surface area contributed by atoms with Crippen molar-refractivity contribution in [3.05, 3.63) is 59.7 Å². The van der Waals surface area contributed by atoms with Crippen LogP contribution < -0.4 is 15.4 Å². The van der Waals surface area contributed by atoms with Crippen molar-refractivity contribution in [2.45, 2.75) is 31.6 Å². The Morgan fingerprint density at radius 3 is 2.64 bits per heavy atom. The number of hydrogen-bond acceptors (Lipinski definition) is 4. The van der Waals surface area contributed by atoms with Gasteiger partial charge < -0.3 is 20.5 Å². The fourth-order valence-corrected chi connectivity index (χ4v) is 2.86. The van der Waals surface area contributed by atoms with E-state index in [9.17, 15) is 9.90 Å². The number of benzene rings is 2. The number of anilines is 1. The van der Waals surface area contributed by atoms with Crippen LogP contribution in [0.3, 0.4) is 0 Å². The molecule has 0 aliphatic carbocycles. The van der Waals surface area contributed by atoms with Gasteiger partial charge >= 0.3 is 6.03 Å². The average Bonchev–Trinajstić information content (AvgIpc) is 2.59. The molecule has 6 nitrogen and oxygen atoms in total. The highest BCUT2D eigenvalue weighted by atomic mass is 16.5. The summed E-state index contributed by atoms with van der Waals surface area (Å²) >= 11 is 0. The molecule has 0 aromatic heterocycles. The molecule has 1 unspecified atom stereocenters. The van der Waals surface area contributed by atoms with E-state index in [1.54, 1.807) is 44.2 Å². The lowest BCUT2D eigenvalue weighted by Gasteiger charge is -2.42. The molecule has 6 heteroatoms. The van der Waals surface area contributed by atoms with Crippen LogP contribution in [0.15, 0.2) is 48.5 Å². The van der Waals surface area contributed by atoms with Gasteiger partial charge in [-0.1, -0.05) is 18.2 Å². The van der Waals surface area contributed by atoms with Crippen molar-refractivity contribution in [3.63, 3.8) is 0 Å². The zero-order chi connectivity index (χ0) is 18.0. The van der Waals surface area contributed by atoms with Gasteiger partial charge in [-0.15, -0.1) is 0 Å². The fourth-order valence-electron chi connectivity index (χ4n) is 2.86. The number of para-hydroxylation sites is 1. The first-order valence-corrected chi connectivity index (χ1v) is 7.94. The summed E-state index contributed by atoms with van der Waals surface area (Å²) in [6, 6.07) is 14.9. The monoisotopic (exact) mass is 337 g/mol. The summed E-state index contributed by atoms with van der Waals surface area (Å²) < 4.78 is 5.83. The second-order valence-corrected chi connectivity index (χ2v) is 6.46. The molecule has 2 atom stereocenters. The number of nitrogens with zero attached hydrogens (tertiary/aromatic N) is 1. The van der Waals surface area contributed by atoms with Crippen molar-refractivity contribution < 1.29 is 14.6 Å². The molecule has 1 aliphatic rings. The molecular formula is C19H19N3O3. The van der Waals surface area contributed by atoms with E-state index >= 15 is 0 Å². The van der Waals surface area contributed by atoms with Gasteiger partial charge in [0.25, 0.3) is 0 Å². The Kier molecular flexibility index (Phi) is 4.34. The number of amides is 2. The van der Waals surface area contributed by atoms with Crippen LogP contribution in [0.2, 0.25) is 0 Å². The minimum atomic E-state index is -0.976. The molecular weight excluding hydrogens is 318 g/mol. The molecule has 2 aromatic rings. The summed E-state index contributed by atoms with van der Waals surface area (Å²) in [7, 11) is 0. The van der Waals surface area contributed by atoms with Gasteiger partial charge in [-0.3, -0.25) is 0 Å². The maximum atomic E-state index is 12.4. The highest BCUT2D eigenvalue weighted by Crippen LogP contribution is 2.40. The van der Waals surface area contributed by atoms with Crippen LogP contribution in [0.1, 0.15) is 31.0 Å². The van der Waals surface area contributed by atoms with E-state index < -0.39 is 23.8 Å². The van der Waals surface area contributed by atoms with Crippen molar-refractivity contribution in [2.75, 3.05) is 5.32 Å². The molecule has 0 spiro atoms. The molecule has 128 valence electrons. The average molecular weight is 337 g/mol. The van der Waals surface area contributed by atoms with Crippen molar-refractivity contribution >= 4 is 11.7 Å². The maximum Gasteiger partial charge on any atom is 0.319 e. The number of nitrogens with one attached hydrogen (secondary N) is 2. The number of carbonyl (C=O) groups excluding carboxylic acids is 1. The summed E-state index contributed by atoms with van der Waals surface area (Å²) in [5, 5.41) is 25.3. The molecule has 0 saturated carbocycles. The predicted molar refractivity (Wildman–Crippen MR) is 93.2 cm³/mol. The Morgan fingerprint density at radius 1 is 1.24 bits per heavy atom. The van der Waals surface area contributed by atoms with E-state index in [0.717, 1.165) is 0 Å². The first-order chi connectivity index (χ1) is 11.9. The SMILES string of the molecule is CC1(C)Oc2ccc(C#N)cc2C(NC(=O)Nc2ccccc2)[C@@H]1O. The third-order valence-corrected chi connectivity index (χ3v) is 4.19. The highest BCUT2D eigenvalue weighted by molar-refractivity contribution is 5.89. The molecule has 1 aliphatic heterocycles. The Labute approximate surface area is 146 Å². The van der Waals surface area contributed by atoms with Gasteiger partial charge in [0.15, 0.2) is 0 Å². The number of nitriles is 1. The van der Waals surface area contributed by atoms with E-state index in [2.05, 4.69) is 16.7 Å². The first kappa shape index (κ1) is 16.8. The molecule has 3 rings (SSSR count). The Balaban J connectivity index is 1.88. The van der Waals surface area contributed by atoms with Crippen LogP contribution in [0.25, 0.3) is 0 Å². The number of fused-ring (bicyclic) bond motifs is 1. The first-order valence-electron chi connectivity index (χ1n) is 7.94. The van der Waals surface area contributed by atoms with E-state index in [4.69, 9.17) is 10.00 Å². The minimum Gasteiger partial charge on any atom is -0.485 e. The lowest BCUT2D eigenvalue weighted by atomic mass is 9.86. The zero-order valence-corrected chi connectivity index (χ0v) is 14.0. The van der Waals surface area contributed by atoms with Crippen molar-refractivity contribution in [3.8, 4) is 11.8 Å². The normalized spacial score (nSPS) is 20.6. The van der Waals surface area contributed by atoms with Gasteiger partial charge in [0.1, 0.15) is 17.5 Å². The third kappa shape index (κ3) is 3.42. The van der Waals surface area contributed by atoms with Crippen LogP contribution in [0, 0.1) is 11.3 Å². The van der Waals surface area contributed by atoms with Gasteiger partial charge in [-0.2, -0.15) is 5.26 Å². The highest BCUT2D eigenvalue weighted by Gasteiger charge is 2.43. The number of aliphatic hydroxyl groups excluding tert-OH is 1. The lowest BCUT2D eigenvalue weighted by Crippen LogP contribution is -2.54. The fraction of sp³-hybridized carbons (Fsp3) is 0.263. The van der Waals surface area contributed by atoms with E-state index in [-0.39, 0.29) is 0 Å². The molecule has 1 heterocycles. The van der Waals surface area contributed by atoms with Crippen molar-refractivity contribution in [2.24, 2.45) is 0 Å². The third-order valence-electron chi connectivity index (χ3n) is 4.19. The maximum absolute atomic E-state index is 12.4. The minimum absolute atomic E-state index is 0.435. The topological polar surface area (TPSA) is 94.4 Å². The van der Waals surface area contributed by atoms with Gasteiger partial charge in [-0.05, 0) is 44.2 Å². The second kappa shape index (κ2) is 6.46. The Morgan fingerprint density at radius 2 is 1.96 bits per heavy atom. The summed E-state index contributed by atoms with van der Waals surface area (Å²) in [5.41, 5.74) is 0.775. The van der Waals surface area contributed by atoms with Gasteiger partial charge in [-0.25, -0.2) is 4.79 Å². The Hall–Kier alpha value is -3.04. The summed E-state index contributed by atoms with van der Waals surface area (Å²) in [6.07, 6.45) is -0.976. The zero-order valence-electron chi connectivity index (χ0n) is 14.0. The molecule has 3 N–H and O–H groups in total. The Bertz CT molecular complexity index is 828. The van der Waals surface area contributed by atoms with E-state index in [0.29, 0.717) is 22.6 Å². The number of aliphatic hydroxyl groups is 1. The van der Waals surface area contributed by atoms with Crippen molar-refractivity contribution in [1.82, 2.24) is 5.32 Å². The molecule has 0 fully saturated rings. The summed E-state index contributed by atoms with van der Waals surface area (Å²) in [6.45, 7) is 3.51. The lowest BCUT2D eigenvalue weighted by molar-refractivity contribution is -0.0618. The molecule has 2 aromatic carbocycles. The smallest absolute Gasteiger partial charge is 0.319 e. The summed E-state index contributed by atoms with van der Waals surface area (Å²) in [5.74, 6) is 0.541. The molecule has 0 bridgehead atoms. The van der Waals surface area contributed by atoms with Crippen LogP contribution in [0.5, 0.6) is 5.75 Å². The molecule has 0 radical (unpaired) electrons. The quantitative estimate of drug-likeness (QED) is 0.785. The van der Waals surface area contributed by atoms with Crippen molar-refractivity contribution in [1.29, 1.82) is 5.26 Å². The molecule has 25 heavy (non-hydrogen) atoms. The number of ether oxygens (including phenoxy) is 1. The number of carbonyl (C=O) groups is 1. The number of hydrogen-bond donors (Lipinski definition) is 3. The molecule has 2 amide bonds. The van der Waals surface area contributed by atoms with Crippen LogP contribution in [-0.2, 0) is 0 Å². The largest absolute Gasteiger partial charge is 0.485 e. The molecule has 0 saturated heterocycles. The number of rotatable bonds is 2. The van der Waals surface area contributed by atoms with Crippen LogP contribution in [0.4, 0.5) is 10.5 Å². The van der Waals surface area contributed by atoms with Crippen LogP contribution in [-0.4, -0.2) is 22.8 Å².